The molecule has 1 aromatic carbocycles. The Balaban J connectivity index is 1.40. The van der Waals surface area contributed by atoms with Crippen LogP contribution >= 0.6 is 0 Å². The molecule has 3 fully saturated rings. The number of methoxy groups -OCH3 is 1. The highest BCUT2D eigenvalue weighted by molar-refractivity contribution is 5.89. The molecular formula is C39H55N3O7. The number of hydrogen-bond acceptors (Lipinski definition) is 9. The first-order chi connectivity index (χ1) is 23.2. The van der Waals surface area contributed by atoms with Gasteiger partial charge in [-0.15, -0.1) is 0 Å². The van der Waals surface area contributed by atoms with E-state index in [0.717, 1.165) is 43.3 Å². The summed E-state index contributed by atoms with van der Waals surface area (Å²) < 4.78 is 24.4. The van der Waals surface area contributed by atoms with Crippen LogP contribution in [0.2, 0.25) is 0 Å². The summed E-state index contributed by atoms with van der Waals surface area (Å²) >= 11 is 0. The quantitative estimate of drug-likeness (QED) is 0.327. The lowest BCUT2D eigenvalue weighted by atomic mass is 9.77. The number of rotatable bonds is 3. The van der Waals surface area contributed by atoms with Gasteiger partial charge in [0.1, 0.15) is 35.3 Å². The van der Waals surface area contributed by atoms with E-state index in [1.54, 1.807) is 12.0 Å². The summed E-state index contributed by atoms with van der Waals surface area (Å²) in [5.74, 6) is 0.624. The molecule has 2 bridgehead atoms. The van der Waals surface area contributed by atoms with E-state index in [1.807, 2.05) is 66.7 Å². The minimum atomic E-state index is -0.882. The fraction of sp³-hybridized carbons (Fsp3) is 0.718. The maximum absolute atomic E-state index is 14.7. The van der Waals surface area contributed by atoms with Gasteiger partial charge in [0.15, 0.2) is 0 Å². The van der Waals surface area contributed by atoms with Crippen molar-refractivity contribution < 1.29 is 33.3 Å². The molecule has 2 aromatic rings. The van der Waals surface area contributed by atoms with Crippen molar-refractivity contribution >= 4 is 28.9 Å². The molecule has 4 aliphatic rings. The van der Waals surface area contributed by atoms with E-state index in [1.165, 1.54) is 6.42 Å². The van der Waals surface area contributed by atoms with Crippen molar-refractivity contribution in [3.05, 3.63) is 23.9 Å². The van der Waals surface area contributed by atoms with Gasteiger partial charge in [0.05, 0.1) is 37.0 Å². The second kappa shape index (κ2) is 13.7. The Morgan fingerprint density at radius 3 is 2.43 bits per heavy atom. The van der Waals surface area contributed by atoms with Crippen LogP contribution < -0.4 is 9.47 Å². The van der Waals surface area contributed by atoms with Gasteiger partial charge in [-0.2, -0.15) is 0 Å². The Hall–Kier alpha value is -3.43. The van der Waals surface area contributed by atoms with E-state index >= 15 is 0 Å². The van der Waals surface area contributed by atoms with Crippen LogP contribution in [-0.4, -0.2) is 70.2 Å². The molecule has 0 spiro atoms. The Kier molecular flexibility index (Phi) is 9.90. The summed E-state index contributed by atoms with van der Waals surface area (Å²) in [6, 6.07) is 4.76. The number of ether oxygens (including phenoxy) is 4. The van der Waals surface area contributed by atoms with E-state index in [-0.39, 0.29) is 36.9 Å². The minimum absolute atomic E-state index is 0.0388. The van der Waals surface area contributed by atoms with Gasteiger partial charge in [0.25, 0.3) is 0 Å². The van der Waals surface area contributed by atoms with Gasteiger partial charge in [-0.1, -0.05) is 40.5 Å². The Morgan fingerprint density at radius 2 is 1.73 bits per heavy atom. The lowest BCUT2D eigenvalue weighted by Crippen LogP contribution is -2.50. The number of esters is 2. The largest absolute Gasteiger partial charge is 0.497 e. The number of hydrogen-bond donors (Lipinski definition) is 0. The molecule has 2 aliphatic heterocycles. The lowest BCUT2D eigenvalue weighted by Gasteiger charge is -2.36. The van der Waals surface area contributed by atoms with Crippen molar-refractivity contribution in [2.24, 2.45) is 35.0 Å². The first-order valence-corrected chi connectivity index (χ1v) is 18.4. The predicted octanol–water partition coefficient (Wildman–Crippen LogP) is 6.70. The lowest BCUT2D eigenvalue weighted by molar-refractivity contribution is -0.167. The number of fused-ring (bicyclic) bond motifs is 7. The molecule has 0 N–H and O–H groups in total. The van der Waals surface area contributed by atoms with Gasteiger partial charge >= 0.3 is 11.9 Å². The van der Waals surface area contributed by atoms with Crippen molar-refractivity contribution in [2.45, 2.75) is 130 Å². The average molecular weight is 678 g/mol. The topological polar surface area (TPSA) is 117 Å². The van der Waals surface area contributed by atoms with Crippen molar-refractivity contribution in [3.8, 4) is 11.6 Å². The second-order valence-electron chi connectivity index (χ2n) is 16.8. The van der Waals surface area contributed by atoms with E-state index in [9.17, 15) is 14.4 Å². The molecule has 10 nitrogen and oxygen atoms in total. The van der Waals surface area contributed by atoms with Crippen LogP contribution in [0, 0.1) is 35.0 Å². The summed E-state index contributed by atoms with van der Waals surface area (Å²) in [5, 5.41) is 0. The molecule has 1 aromatic heterocycles. The van der Waals surface area contributed by atoms with Crippen LogP contribution in [0.15, 0.2) is 18.2 Å². The van der Waals surface area contributed by atoms with Crippen LogP contribution in [0.4, 0.5) is 0 Å². The molecule has 6 rings (SSSR count). The van der Waals surface area contributed by atoms with Crippen molar-refractivity contribution in [1.29, 1.82) is 0 Å². The van der Waals surface area contributed by atoms with Crippen molar-refractivity contribution in [3.63, 3.8) is 0 Å². The molecule has 268 valence electrons. The van der Waals surface area contributed by atoms with Crippen LogP contribution in [0.3, 0.4) is 0 Å². The third-order valence-electron chi connectivity index (χ3n) is 11.2. The van der Waals surface area contributed by atoms with Gasteiger partial charge in [0.2, 0.25) is 11.8 Å². The smallest absolute Gasteiger partial charge is 0.329 e. The number of aromatic nitrogens is 2. The molecule has 49 heavy (non-hydrogen) atoms. The van der Waals surface area contributed by atoms with Gasteiger partial charge in [-0.05, 0) is 94.6 Å². The monoisotopic (exact) mass is 677 g/mol. The molecule has 3 heterocycles. The summed E-state index contributed by atoms with van der Waals surface area (Å²) in [5.41, 5.74) is 0.867. The zero-order valence-electron chi connectivity index (χ0n) is 30.6. The van der Waals surface area contributed by atoms with Crippen LogP contribution in [0.1, 0.15) is 106 Å². The van der Waals surface area contributed by atoms with E-state index < -0.39 is 35.0 Å². The SMILES string of the molecule is CC[C@@H]1[C@@H]2CN(C(=O)[C@H](C(C)(C)C)CC(=O)O[C@@H]3C[C@@H]4C[C@@H]4[C@H]3CCCCCc3nc4ccc(OC)cc4nc3O2)[C@@H]1C(=O)OC(C)(C)C. The molecule has 1 saturated heterocycles. The molecule has 10 heteroatoms. The predicted molar refractivity (Wildman–Crippen MR) is 185 cm³/mol. The average Bonchev–Trinajstić information content (AvgIpc) is 3.56. The number of benzene rings is 1. The van der Waals surface area contributed by atoms with Gasteiger partial charge in [-0.25, -0.2) is 14.8 Å². The standard InChI is InChI=1S/C39H55N3O7/c1-9-24-32-21-42(34(24)37(45)49-39(5,6)7)36(44)27(38(2,3)4)20-33(43)47-31-18-22-17-26(22)25(31)13-11-10-12-14-29-35(48-32)41-30-19-23(46-8)15-16-28(30)40-29/h15-16,19,22,24-27,31-32,34H,9-14,17-18,20-21H2,1-8H3/t22-,24+,25+,26-,27+,31+,32-,34-/m0/s1. The second-order valence-corrected chi connectivity index (χ2v) is 16.8. The van der Waals surface area contributed by atoms with E-state index in [4.69, 9.17) is 28.9 Å². The van der Waals surface area contributed by atoms with Crippen molar-refractivity contribution in [2.75, 3.05) is 13.7 Å². The number of nitrogens with zero attached hydrogens (tertiary/aromatic N) is 3. The van der Waals surface area contributed by atoms with E-state index in [0.29, 0.717) is 47.7 Å². The Labute approximate surface area is 291 Å². The zero-order chi connectivity index (χ0) is 35.2. The number of aryl methyl sites for hydroxylation is 1. The molecule has 0 unspecified atom stereocenters. The van der Waals surface area contributed by atoms with E-state index in [2.05, 4.69) is 0 Å². The molecular weight excluding hydrogens is 622 g/mol. The highest BCUT2D eigenvalue weighted by atomic mass is 16.6. The number of amides is 1. The first kappa shape index (κ1) is 35.4. The maximum atomic E-state index is 14.7. The van der Waals surface area contributed by atoms with Gasteiger partial charge in [-0.3, -0.25) is 9.59 Å². The van der Waals surface area contributed by atoms with Crippen LogP contribution in [-0.2, 0) is 30.3 Å². The van der Waals surface area contributed by atoms with Gasteiger partial charge in [0, 0.05) is 12.0 Å². The van der Waals surface area contributed by atoms with Crippen LogP contribution in [0.5, 0.6) is 11.6 Å². The summed E-state index contributed by atoms with van der Waals surface area (Å²) in [7, 11) is 1.62. The summed E-state index contributed by atoms with van der Waals surface area (Å²) in [4.78, 5) is 54.0. The molecule has 2 saturated carbocycles. The van der Waals surface area contributed by atoms with Crippen LogP contribution in [0.25, 0.3) is 11.0 Å². The summed E-state index contributed by atoms with van der Waals surface area (Å²) in [6.07, 6.45) is 6.73. The highest BCUT2D eigenvalue weighted by Gasteiger charge is 2.55. The molecule has 2 aliphatic carbocycles. The zero-order valence-corrected chi connectivity index (χ0v) is 30.6. The third-order valence-corrected chi connectivity index (χ3v) is 11.2. The summed E-state index contributed by atoms with van der Waals surface area (Å²) in [6.45, 7) is 13.6. The molecule has 0 radical (unpaired) electrons. The molecule has 8 atom stereocenters. The fourth-order valence-corrected chi connectivity index (χ4v) is 8.51. The number of carbonyl (C=O) groups excluding carboxylic acids is 3. The van der Waals surface area contributed by atoms with Gasteiger partial charge < -0.3 is 23.8 Å². The third kappa shape index (κ3) is 7.68. The minimum Gasteiger partial charge on any atom is -0.497 e. The first-order valence-electron chi connectivity index (χ1n) is 18.4. The Morgan fingerprint density at radius 1 is 0.959 bits per heavy atom. The Bertz CT molecular complexity index is 1560. The maximum Gasteiger partial charge on any atom is 0.329 e. The highest BCUT2D eigenvalue weighted by Crippen LogP contribution is 2.58. The van der Waals surface area contributed by atoms with Crippen molar-refractivity contribution in [1.82, 2.24) is 14.9 Å². The normalized spacial score (nSPS) is 31.1. The fourth-order valence-electron chi connectivity index (χ4n) is 8.51. The molecule has 1 amide bonds. The number of carbonyl (C=O) groups is 3.